The lowest BCUT2D eigenvalue weighted by atomic mass is 9.83. The highest BCUT2D eigenvalue weighted by Gasteiger charge is 2.35. The number of fused-ring (bicyclic) bond motifs is 1. The Kier molecular flexibility index (Phi) is 4.34. The molecule has 0 bridgehead atoms. The van der Waals surface area contributed by atoms with Crippen molar-refractivity contribution in [3.63, 3.8) is 0 Å². The van der Waals surface area contributed by atoms with Gasteiger partial charge in [0.15, 0.2) is 0 Å². The minimum atomic E-state index is -0.256. The van der Waals surface area contributed by atoms with Gasteiger partial charge in [0, 0.05) is 10.7 Å². The molecular weight excluding hydrogens is 298 g/mol. The lowest BCUT2D eigenvalue weighted by Gasteiger charge is -2.33. The Morgan fingerprint density at radius 3 is 2.77 bits per heavy atom. The van der Waals surface area contributed by atoms with E-state index < -0.39 is 0 Å². The fourth-order valence-electron chi connectivity index (χ4n) is 2.94. The van der Waals surface area contributed by atoms with Gasteiger partial charge in [-0.1, -0.05) is 41.9 Å². The quantitative estimate of drug-likeness (QED) is 0.861. The Labute approximate surface area is 135 Å². The average Bonchev–Trinajstić information content (AvgIpc) is 2.54. The molecule has 1 aliphatic heterocycles. The first-order valence-corrected chi connectivity index (χ1v) is 7.83. The van der Waals surface area contributed by atoms with Gasteiger partial charge < -0.3 is 10.1 Å². The molecule has 22 heavy (non-hydrogen) atoms. The number of esters is 1. The molecule has 3 rings (SSSR count). The zero-order valence-electron chi connectivity index (χ0n) is 12.4. The number of halogens is 1. The Hall–Kier alpha value is -2.00. The van der Waals surface area contributed by atoms with Gasteiger partial charge in [-0.3, -0.25) is 4.79 Å². The molecule has 0 saturated heterocycles. The third kappa shape index (κ3) is 2.95. The monoisotopic (exact) mass is 315 g/mol. The van der Waals surface area contributed by atoms with E-state index in [2.05, 4.69) is 5.32 Å². The van der Waals surface area contributed by atoms with Crippen LogP contribution in [0.1, 0.15) is 24.1 Å². The summed E-state index contributed by atoms with van der Waals surface area (Å²) < 4.78 is 5.27. The van der Waals surface area contributed by atoms with E-state index in [9.17, 15) is 4.79 Å². The lowest BCUT2D eigenvalue weighted by Crippen LogP contribution is -2.34. The van der Waals surface area contributed by atoms with E-state index in [0.29, 0.717) is 18.1 Å². The number of carbonyl (C=O) groups excluding carboxylic acids is 1. The van der Waals surface area contributed by atoms with Crippen LogP contribution in [0.5, 0.6) is 0 Å². The van der Waals surface area contributed by atoms with Crippen LogP contribution in [0.15, 0.2) is 48.5 Å². The fraction of sp³-hybridized carbons (Fsp3) is 0.278. The van der Waals surface area contributed by atoms with Gasteiger partial charge in [0.1, 0.15) is 0 Å². The van der Waals surface area contributed by atoms with Crippen LogP contribution in [0, 0.1) is 5.92 Å². The van der Waals surface area contributed by atoms with Crippen molar-refractivity contribution in [2.45, 2.75) is 19.4 Å². The topological polar surface area (TPSA) is 38.3 Å². The molecule has 0 radical (unpaired) electrons. The molecule has 0 saturated carbocycles. The van der Waals surface area contributed by atoms with Crippen molar-refractivity contribution >= 4 is 23.3 Å². The molecule has 0 fully saturated rings. The molecule has 0 aromatic heterocycles. The maximum absolute atomic E-state index is 12.4. The Bertz CT molecular complexity index is 672. The van der Waals surface area contributed by atoms with Gasteiger partial charge in [0.25, 0.3) is 0 Å². The summed E-state index contributed by atoms with van der Waals surface area (Å²) in [6, 6.07) is 15.7. The summed E-state index contributed by atoms with van der Waals surface area (Å²) in [7, 11) is 0. The predicted molar refractivity (Wildman–Crippen MR) is 88.1 cm³/mol. The molecule has 1 N–H and O–H groups in total. The summed E-state index contributed by atoms with van der Waals surface area (Å²) in [5.74, 6) is -0.428. The Balaban J connectivity index is 1.98. The number of hydrogen-bond acceptors (Lipinski definition) is 3. The second-order valence-corrected chi connectivity index (χ2v) is 5.83. The highest BCUT2D eigenvalue weighted by molar-refractivity contribution is 6.30. The van der Waals surface area contributed by atoms with Crippen molar-refractivity contribution in [2.75, 3.05) is 11.9 Å². The molecule has 0 aliphatic carbocycles. The van der Waals surface area contributed by atoms with Crippen molar-refractivity contribution in [1.29, 1.82) is 0 Å². The van der Waals surface area contributed by atoms with Crippen LogP contribution in [-0.2, 0) is 16.0 Å². The summed E-state index contributed by atoms with van der Waals surface area (Å²) in [6.07, 6.45) is 0.626. The molecule has 2 aromatic rings. The van der Waals surface area contributed by atoms with Gasteiger partial charge in [0.05, 0.1) is 18.6 Å². The third-order valence-corrected chi connectivity index (χ3v) is 4.20. The maximum atomic E-state index is 12.4. The van der Waals surface area contributed by atoms with Crippen LogP contribution >= 0.6 is 11.6 Å². The van der Waals surface area contributed by atoms with Crippen LogP contribution in [-0.4, -0.2) is 12.6 Å². The number of anilines is 1. The summed E-state index contributed by atoms with van der Waals surface area (Å²) in [4.78, 5) is 12.4. The molecule has 3 nitrogen and oxygen atoms in total. The summed E-state index contributed by atoms with van der Waals surface area (Å²) in [5.41, 5.74) is 3.16. The molecule has 0 amide bonds. The first-order chi connectivity index (χ1) is 10.7. The van der Waals surface area contributed by atoms with E-state index in [1.54, 1.807) is 0 Å². The van der Waals surface area contributed by atoms with E-state index in [4.69, 9.17) is 16.3 Å². The lowest BCUT2D eigenvalue weighted by molar-refractivity contribution is -0.148. The molecule has 2 atom stereocenters. The number of carbonyl (C=O) groups is 1. The number of hydrogen-bond donors (Lipinski definition) is 1. The van der Waals surface area contributed by atoms with Crippen molar-refractivity contribution < 1.29 is 9.53 Å². The van der Waals surface area contributed by atoms with E-state index in [1.807, 2.05) is 55.5 Å². The molecule has 4 heteroatoms. The number of ether oxygens (including phenoxy) is 1. The van der Waals surface area contributed by atoms with Crippen LogP contribution in [0.3, 0.4) is 0 Å². The first kappa shape index (κ1) is 14.9. The van der Waals surface area contributed by atoms with E-state index in [1.165, 1.54) is 0 Å². The smallest absolute Gasteiger partial charge is 0.311 e. The van der Waals surface area contributed by atoms with Gasteiger partial charge >= 0.3 is 5.97 Å². The largest absolute Gasteiger partial charge is 0.466 e. The normalized spacial score (nSPS) is 19.9. The van der Waals surface area contributed by atoms with Crippen molar-refractivity contribution in [3.8, 4) is 0 Å². The second-order valence-electron chi connectivity index (χ2n) is 5.40. The Morgan fingerprint density at radius 1 is 1.27 bits per heavy atom. The summed E-state index contributed by atoms with van der Waals surface area (Å²) >= 11 is 6.07. The highest BCUT2D eigenvalue weighted by atomic mass is 35.5. The summed E-state index contributed by atoms with van der Waals surface area (Å²) in [6.45, 7) is 2.22. The third-order valence-electron chi connectivity index (χ3n) is 3.97. The first-order valence-electron chi connectivity index (χ1n) is 7.45. The molecule has 0 spiro atoms. The fourth-order valence-corrected chi connectivity index (χ4v) is 3.13. The Morgan fingerprint density at radius 2 is 2.05 bits per heavy atom. The van der Waals surface area contributed by atoms with Gasteiger partial charge in [0.2, 0.25) is 0 Å². The SMILES string of the molecule is CCOC(=O)[C@H]1Cc2cc(Cl)ccc2N[C@H]1c1ccccc1. The van der Waals surface area contributed by atoms with Gasteiger partial charge in [-0.05, 0) is 42.7 Å². The minimum absolute atomic E-state index is 0.0890. The average molecular weight is 316 g/mol. The van der Waals surface area contributed by atoms with E-state index in [0.717, 1.165) is 16.8 Å². The summed E-state index contributed by atoms with van der Waals surface area (Å²) in [5, 5.41) is 4.15. The molecule has 1 aliphatic rings. The zero-order valence-corrected chi connectivity index (χ0v) is 13.1. The minimum Gasteiger partial charge on any atom is -0.466 e. The zero-order chi connectivity index (χ0) is 15.5. The molecule has 2 aromatic carbocycles. The predicted octanol–water partition coefficient (Wildman–Crippen LogP) is 4.23. The van der Waals surface area contributed by atoms with Crippen molar-refractivity contribution in [1.82, 2.24) is 0 Å². The number of nitrogens with one attached hydrogen (secondary N) is 1. The molecule has 0 unspecified atom stereocenters. The van der Waals surface area contributed by atoms with Crippen LogP contribution < -0.4 is 5.32 Å². The molecule has 1 heterocycles. The maximum Gasteiger partial charge on any atom is 0.311 e. The highest BCUT2D eigenvalue weighted by Crippen LogP contribution is 2.38. The van der Waals surface area contributed by atoms with Crippen LogP contribution in [0.2, 0.25) is 5.02 Å². The standard InChI is InChI=1S/C18H18ClNO2/c1-2-22-18(21)15-11-13-10-14(19)8-9-16(13)20-17(15)12-6-4-3-5-7-12/h3-10,15,17,20H,2,11H2,1H3/t15-,17-/m0/s1. The van der Waals surface area contributed by atoms with Crippen molar-refractivity contribution in [3.05, 3.63) is 64.7 Å². The van der Waals surface area contributed by atoms with E-state index >= 15 is 0 Å². The number of benzene rings is 2. The van der Waals surface area contributed by atoms with Gasteiger partial charge in [-0.15, -0.1) is 0 Å². The van der Waals surface area contributed by atoms with Crippen molar-refractivity contribution in [2.24, 2.45) is 5.92 Å². The van der Waals surface area contributed by atoms with Crippen LogP contribution in [0.25, 0.3) is 0 Å². The van der Waals surface area contributed by atoms with Gasteiger partial charge in [-0.25, -0.2) is 0 Å². The molecule has 114 valence electrons. The molecular formula is C18H18ClNO2. The van der Waals surface area contributed by atoms with Crippen LogP contribution in [0.4, 0.5) is 5.69 Å². The van der Waals surface area contributed by atoms with E-state index in [-0.39, 0.29) is 17.9 Å². The second kappa shape index (κ2) is 6.41. The van der Waals surface area contributed by atoms with Gasteiger partial charge in [-0.2, -0.15) is 0 Å². The number of rotatable bonds is 3.